The predicted octanol–water partition coefficient (Wildman–Crippen LogP) is 1.51. The van der Waals surface area contributed by atoms with Crippen LogP contribution in [0.1, 0.15) is 38.3 Å². The van der Waals surface area contributed by atoms with Crippen LogP contribution in [0.15, 0.2) is 24.5 Å². The van der Waals surface area contributed by atoms with Crippen LogP contribution in [0.5, 0.6) is 0 Å². The van der Waals surface area contributed by atoms with E-state index >= 15 is 0 Å². The Kier molecular flexibility index (Phi) is 3.43. The number of aliphatic hydroxyl groups excluding tert-OH is 1. The summed E-state index contributed by atoms with van der Waals surface area (Å²) in [5, 5.41) is 9.85. The molecule has 3 atom stereocenters. The van der Waals surface area contributed by atoms with Crippen molar-refractivity contribution in [1.29, 1.82) is 0 Å². The molecule has 1 aliphatic rings. The second-order valence-electron chi connectivity index (χ2n) is 4.70. The number of pyridine rings is 1. The Balaban J connectivity index is 2.31. The molecule has 0 saturated carbocycles. The zero-order valence-corrected chi connectivity index (χ0v) is 10.2. The van der Waals surface area contributed by atoms with Crippen LogP contribution in [0.4, 0.5) is 0 Å². The number of hydrogen-bond acceptors (Lipinski definition) is 3. The molecule has 0 radical (unpaired) electrons. The molecule has 2 heterocycles. The first kappa shape index (κ1) is 12.0. The Hall–Kier alpha value is -1.42. The summed E-state index contributed by atoms with van der Waals surface area (Å²) in [6.07, 6.45) is 4.38. The van der Waals surface area contributed by atoms with E-state index in [1.165, 1.54) is 0 Å². The molecule has 92 valence electrons. The van der Waals surface area contributed by atoms with Gasteiger partial charge in [0, 0.05) is 25.4 Å². The molecule has 4 nitrogen and oxygen atoms in total. The van der Waals surface area contributed by atoms with E-state index in [1.807, 2.05) is 24.0 Å². The summed E-state index contributed by atoms with van der Waals surface area (Å²) in [4.78, 5) is 17.7. The lowest BCUT2D eigenvalue weighted by molar-refractivity contribution is -0.138. The van der Waals surface area contributed by atoms with Crippen molar-refractivity contribution in [3.8, 4) is 0 Å². The fourth-order valence-electron chi connectivity index (χ4n) is 2.68. The molecule has 0 aliphatic carbocycles. The largest absolute Gasteiger partial charge is 0.393 e. The summed E-state index contributed by atoms with van der Waals surface area (Å²) in [7, 11) is 0. The van der Waals surface area contributed by atoms with Gasteiger partial charge in [-0.1, -0.05) is 6.07 Å². The number of carbonyl (C=O) groups excluding carboxylic acids is 1. The minimum Gasteiger partial charge on any atom is -0.393 e. The molecule has 1 aromatic heterocycles. The van der Waals surface area contributed by atoms with Gasteiger partial charge in [0.2, 0.25) is 5.91 Å². The molecule has 1 saturated heterocycles. The molecule has 3 unspecified atom stereocenters. The molecule has 0 aromatic carbocycles. The average molecular weight is 234 g/mol. The molecule has 1 aromatic rings. The normalized spacial score (nSPS) is 29.1. The molecule has 1 amide bonds. The maximum absolute atomic E-state index is 11.7. The van der Waals surface area contributed by atoms with Gasteiger partial charge in [0.05, 0.1) is 12.1 Å². The van der Waals surface area contributed by atoms with Crippen molar-refractivity contribution in [2.75, 3.05) is 0 Å². The molecule has 0 bridgehead atoms. The monoisotopic (exact) mass is 234 g/mol. The van der Waals surface area contributed by atoms with E-state index in [9.17, 15) is 9.90 Å². The predicted molar refractivity (Wildman–Crippen MR) is 64.2 cm³/mol. The fourth-order valence-corrected chi connectivity index (χ4v) is 2.68. The maximum atomic E-state index is 11.7. The minimum atomic E-state index is -0.342. The van der Waals surface area contributed by atoms with E-state index < -0.39 is 0 Å². The van der Waals surface area contributed by atoms with Gasteiger partial charge in [-0.25, -0.2) is 0 Å². The molecule has 4 heteroatoms. The SMILES string of the molecule is CC(=O)N1C(C)CC(O)CC1c1cccnc1. The Morgan fingerprint density at radius 2 is 2.29 bits per heavy atom. The number of rotatable bonds is 1. The van der Waals surface area contributed by atoms with Crippen LogP contribution in [0, 0.1) is 0 Å². The smallest absolute Gasteiger partial charge is 0.220 e. The number of aromatic nitrogens is 1. The summed E-state index contributed by atoms with van der Waals surface area (Å²) in [5.74, 6) is 0.0539. The quantitative estimate of drug-likeness (QED) is 0.801. The zero-order valence-electron chi connectivity index (χ0n) is 10.2. The van der Waals surface area contributed by atoms with E-state index in [4.69, 9.17) is 0 Å². The third kappa shape index (κ3) is 2.47. The average Bonchev–Trinajstić information content (AvgIpc) is 2.28. The number of aliphatic hydroxyl groups is 1. The first-order valence-electron chi connectivity index (χ1n) is 5.96. The Labute approximate surface area is 101 Å². The fraction of sp³-hybridized carbons (Fsp3) is 0.538. The highest BCUT2D eigenvalue weighted by Crippen LogP contribution is 2.34. The second-order valence-corrected chi connectivity index (χ2v) is 4.70. The standard InChI is InChI=1S/C13H18N2O2/c1-9-6-12(17)7-13(15(9)10(2)16)11-4-3-5-14-8-11/h3-5,8-9,12-13,17H,6-7H2,1-2H3. The first-order chi connectivity index (χ1) is 8.09. The van der Waals surface area contributed by atoms with Crippen molar-refractivity contribution in [1.82, 2.24) is 9.88 Å². The van der Waals surface area contributed by atoms with E-state index in [1.54, 1.807) is 19.3 Å². The van der Waals surface area contributed by atoms with Gasteiger partial charge in [-0.15, -0.1) is 0 Å². The number of hydrogen-bond donors (Lipinski definition) is 1. The van der Waals surface area contributed by atoms with E-state index in [0.29, 0.717) is 12.8 Å². The first-order valence-corrected chi connectivity index (χ1v) is 5.96. The summed E-state index contributed by atoms with van der Waals surface area (Å²) in [5.41, 5.74) is 0.994. The van der Waals surface area contributed by atoms with Gasteiger partial charge in [0.15, 0.2) is 0 Å². The number of likely N-dealkylation sites (tertiary alicyclic amines) is 1. The van der Waals surface area contributed by atoms with E-state index in [2.05, 4.69) is 4.98 Å². The maximum Gasteiger partial charge on any atom is 0.220 e. The molecular formula is C13H18N2O2. The van der Waals surface area contributed by atoms with Gasteiger partial charge >= 0.3 is 0 Å². The lowest BCUT2D eigenvalue weighted by Crippen LogP contribution is -2.47. The summed E-state index contributed by atoms with van der Waals surface area (Å²) < 4.78 is 0. The van der Waals surface area contributed by atoms with Crippen LogP contribution in [0.3, 0.4) is 0 Å². The topological polar surface area (TPSA) is 53.4 Å². The Bertz CT molecular complexity index is 394. The van der Waals surface area contributed by atoms with Crippen molar-refractivity contribution < 1.29 is 9.90 Å². The van der Waals surface area contributed by atoms with Crippen molar-refractivity contribution in [2.24, 2.45) is 0 Å². The number of nitrogens with zero attached hydrogens (tertiary/aromatic N) is 2. The van der Waals surface area contributed by atoms with Crippen molar-refractivity contribution >= 4 is 5.91 Å². The van der Waals surface area contributed by atoms with Crippen LogP contribution < -0.4 is 0 Å². The summed E-state index contributed by atoms with van der Waals surface area (Å²) in [6.45, 7) is 3.56. The molecule has 1 N–H and O–H groups in total. The van der Waals surface area contributed by atoms with Gasteiger partial charge in [-0.05, 0) is 31.4 Å². The molecule has 1 aliphatic heterocycles. The van der Waals surface area contributed by atoms with Crippen LogP contribution in [-0.4, -0.2) is 33.0 Å². The van der Waals surface area contributed by atoms with E-state index in [0.717, 1.165) is 5.56 Å². The lowest BCUT2D eigenvalue weighted by atomic mass is 9.90. The highest BCUT2D eigenvalue weighted by Gasteiger charge is 2.34. The molecule has 2 rings (SSSR count). The number of amides is 1. The second kappa shape index (κ2) is 4.84. The van der Waals surface area contributed by atoms with Crippen LogP contribution in [0.25, 0.3) is 0 Å². The van der Waals surface area contributed by atoms with Crippen molar-refractivity contribution in [3.63, 3.8) is 0 Å². The van der Waals surface area contributed by atoms with Crippen LogP contribution >= 0.6 is 0 Å². The molecule has 0 spiro atoms. The molecule has 1 fully saturated rings. The lowest BCUT2D eigenvalue weighted by Gasteiger charge is -2.42. The van der Waals surface area contributed by atoms with Gasteiger partial charge in [0.1, 0.15) is 0 Å². The molecular weight excluding hydrogens is 216 g/mol. The third-order valence-electron chi connectivity index (χ3n) is 3.35. The number of carbonyl (C=O) groups is 1. The zero-order chi connectivity index (χ0) is 12.4. The van der Waals surface area contributed by atoms with Crippen LogP contribution in [0.2, 0.25) is 0 Å². The molecule has 17 heavy (non-hydrogen) atoms. The van der Waals surface area contributed by atoms with Gasteiger partial charge in [-0.2, -0.15) is 0 Å². The Morgan fingerprint density at radius 3 is 2.88 bits per heavy atom. The van der Waals surface area contributed by atoms with Crippen molar-refractivity contribution in [2.45, 2.75) is 44.9 Å². The number of piperidine rings is 1. The third-order valence-corrected chi connectivity index (χ3v) is 3.35. The highest BCUT2D eigenvalue weighted by atomic mass is 16.3. The van der Waals surface area contributed by atoms with Gasteiger partial charge in [0.25, 0.3) is 0 Å². The minimum absolute atomic E-state index is 0.0539. The van der Waals surface area contributed by atoms with E-state index in [-0.39, 0.29) is 24.1 Å². The van der Waals surface area contributed by atoms with Gasteiger partial charge < -0.3 is 10.0 Å². The van der Waals surface area contributed by atoms with Crippen LogP contribution in [-0.2, 0) is 4.79 Å². The summed E-state index contributed by atoms with van der Waals surface area (Å²) in [6, 6.07) is 3.83. The highest BCUT2D eigenvalue weighted by molar-refractivity contribution is 5.74. The van der Waals surface area contributed by atoms with Crippen molar-refractivity contribution in [3.05, 3.63) is 30.1 Å². The van der Waals surface area contributed by atoms with Gasteiger partial charge in [-0.3, -0.25) is 9.78 Å². The Morgan fingerprint density at radius 1 is 1.53 bits per heavy atom. The summed E-state index contributed by atoms with van der Waals surface area (Å²) >= 11 is 0.